The average Bonchev–Trinajstić information content (AvgIpc) is 2.58. The number of anilines is 1. The van der Waals surface area contributed by atoms with E-state index in [-0.39, 0.29) is 12.1 Å². The molecule has 0 amide bonds. The van der Waals surface area contributed by atoms with E-state index in [9.17, 15) is 8.78 Å². The van der Waals surface area contributed by atoms with Crippen LogP contribution in [-0.4, -0.2) is 12.1 Å². The number of rotatable bonds is 2. The largest absolute Gasteiger partial charge is 0.382 e. The maximum absolute atomic E-state index is 12.9. The quantitative estimate of drug-likeness (QED) is 0.789. The van der Waals surface area contributed by atoms with Crippen molar-refractivity contribution < 1.29 is 8.78 Å². The van der Waals surface area contributed by atoms with Gasteiger partial charge in [0.25, 0.3) is 0 Å². The molecule has 82 valence electrons. The minimum Gasteiger partial charge on any atom is -0.382 e. The molecule has 0 spiro atoms. The number of benzene rings is 1. The molecule has 0 aromatic heterocycles. The number of nitrogens with two attached hydrogens (primary N) is 1. The molecule has 1 fully saturated rings. The van der Waals surface area contributed by atoms with Gasteiger partial charge in [0.15, 0.2) is 11.6 Å². The summed E-state index contributed by atoms with van der Waals surface area (Å²) in [4.78, 5) is 0. The summed E-state index contributed by atoms with van der Waals surface area (Å²) in [5.74, 6) is -1.63. The van der Waals surface area contributed by atoms with Gasteiger partial charge >= 0.3 is 0 Å². The SMILES string of the molecule is NC1CCC(Nc2ccc(F)c(F)c2)C1. The maximum atomic E-state index is 12.9. The van der Waals surface area contributed by atoms with Crippen LogP contribution in [0.25, 0.3) is 0 Å². The van der Waals surface area contributed by atoms with E-state index in [0.717, 1.165) is 25.3 Å². The number of nitrogens with one attached hydrogen (secondary N) is 1. The Morgan fingerprint density at radius 1 is 1.20 bits per heavy atom. The van der Waals surface area contributed by atoms with Crippen molar-refractivity contribution in [1.29, 1.82) is 0 Å². The van der Waals surface area contributed by atoms with Crippen LogP contribution in [0.5, 0.6) is 0 Å². The summed E-state index contributed by atoms with van der Waals surface area (Å²) in [6.45, 7) is 0. The maximum Gasteiger partial charge on any atom is 0.160 e. The van der Waals surface area contributed by atoms with E-state index < -0.39 is 11.6 Å². The third-order valence-corrected chi connectivity index (χ3v) is 2.76. The summed E-state index contributed by atoms with van der Waals surface area (Å²) < 4.78 is 25.5. The molecule has 2 rings (SSSR count). The zero-order valence-electron chi connectivity index (χ0n) is 8.34. The van der Waals surface area contributed by atoms with Gasteiger partial charge in [-0.25, -0.2) is 8.78 Å². The van der Waals surface area contributed by atoms with Crippen LogP contribution < -0.4 is 11.1 Å². The normalized spacial score (nSPS) is 25.5. The van der Waals surface area contributed by atoms with E-state index in [1.165, 1.54) is 6.07 Å². The third kappa shape index (κ3) is 2.45. The molecule has 0 aliphatic heterocycles. The van der Waals surface area contributed by atoms with Gasteiger partial charge in [-0.3, -0.25) is 0 Å². The van der Waals surface area contributed by atoms with Crippen LogP contribution in [0.2, 0.25) is 0 Å². The second kappa shape index (κ2) is 4.14. The van der Waals surface area contributed by atoms with Crippen LogP contribution in [0.15, 0.2) is 18.2 Å². The van der Waals surface area contributed by atoms with Gasteiger partial charge in [0.1, 0.15) is 0 Å². The lowest BCUT2D eigenvalue weighted by molar-refractivity contribution is 0.509. The second-order valence-corrected chi connectivity index (χ2v) is 4.04. The van der Waals surface area contributed by atoms with Crippen molar-refractivity contribution in [2.75, 3.05) is 5.32 Å². The molecule has 2 unspecified atom stereocenters. The van der Waals surface area contributed by atoms with Gasteiger partial charge in [0.05, 0.1) is 0 Å². The van der Waals surface area contributed by atoms with Gasteiger partial charge in [-0.05, 0) is 31.4 Å². The molecule has 1 aliphatic rings. The number of hydrogen-bond donors (Lipinski definition) is 2. The lowest BCUT2D eigenvalue weighted by atomic mass is 10.2. The first-order valence-electron chi connectivity index (χ1n) is 5.12. The van der Waals surface area contributed by atoms with Crippen LogP contribution in [-0.2, 0) is 0 Å². The highest BCUT2D eigenvalue weighted by Gasteiger charge is 2.21. The topological polar surface area (TPSA) is 38.0 Å². The molecule has 3 N–H and O–H groups in total. The number of hydrogen-bond acceptors (Lipinski definition) is 2. The molecule has 0 heterocycles. The molecule has 1 saturated carbocycles. The van der Waals surface area contributed by atoms with Crippen molar-refractivity contribution in [2.24, 2.45) is 5.73 Å². The van der Waals surface area contributed by atoms with E-state index in [0.29, 0.717) is 5.69 Å². The van der Waals surface area contributed by atoms with E-state index in [1.54, 1.807) is 6.07 Å². The van der Waals surface area contributed by atoms with Gasteiger partial charge in [-0.15, -0.1) is 0 Å². The highest BCUT2D eigenvalue weighted by Crippen LogP contribution is 2.22. The molecule has 0 saturated heterocycles. The van der Waals surface area contributed by atoms with Crippen molar-refractivity contribution in [3.8, 4) is 0 Å². The van der Waals surface area contributed by atoms with Gasteiger partial charge in [0, 0.05) is 23.8 Å². The van der Waals surface area contributed by atoms with E-state index in [4.69, 9.17) is 5.73 Å². The fraction of sp³-hybridized carbons (Fsp3) is 0.455. The van der Waals surface area contributed by atoms with Crippen molar-refractivity contribution in [3.63, 3.8) is 0 Å². The van der Waals surface area contributed by atoms with Crippen molar-refractivity contribution in [2.45, 2.75) is 31.3 Å². The average molecular weight is 212 g/mol. The van der Waals surface area contributed by atoms with E-state index in [1.807, 2.05) is 0 Å². The molecule has 1 aromatic rings. The molecule has 4 heteroatoms. The zero-order chi connectivity index (χ0) is 10.8. The van der Waals surface area contributed by atoms with Crippen LogP contribution in [0.1, 0.15) is 19.3 Å². The summed E-state index contributed by atoms with van der Waals surface area (Å²) in [6.07, 6.45) is 2.86. The van der Waals surface area contributed by atoms with Crippen LogP contribution >= 0.6 is 0 Å². The van der Waals surface area contributed by atoms with Crippen molar-refractivity contribution >= 4 is 5.69 Å². The Balaban J connectivity index is 2.02. The fourth-order valence-corrected chi connectivity index (χ4v) is 1.97. The Hall–Kier alpha value is -1.16. The monoisotopic (exact) mass is 212 g/mol. The minimum absolute atomic E-state index is 0.229. The Bertz CT molecular complexity index is 354. The molecule has 15 heavy (non-hydrogen) atoms. The Morgan fingerprint density at radius 3 is 2.60 bits per heavy atom. The summed E-state index contributed by atoms with van der Waals surface area (Å²) in [6, 6.07) is 4.37. The predicted octanol–water partition coefficient (Wildman–Crippen LogP) is 2.26. The summed E-state index contributed by atoms with van der Waals surface area (Å²) in [5.41, 5.74) is 6.38. The predicted molar refractivity (Wildman–Crippen MR) is 55.6 cm³/mol. The van der Waals surface area contributed by atoms with E-state index in [2.05, 4.69) is 5.32 Å². The fourth-order valence-electron chi connectivity index (χ4n) is 1.97. The van der Waals surface area contributed by atoms with Crippen molar-refractivity contribution in [1.82, 2.24) is 0 Å². The van der Waals surface area contributed by atoms with Crippen LogP contribution in [0.4, 0.5) is 14.5 Å². The van der Waals surface area contributed by atoms with E-state index >= 15 is 0 Å². The standard InChI is InChI=1S/C11H14F2N2/c12-10-4-3-9(6-11(10)13)15-8-2-1-7(14)5-8/h3-4,6-8,15H,1-2,5,14H2. The molecule has 1 aromatic carbocycles. The number of halogens is 2. The molecule has 0 radical (unpaired) electrons. The second-order valence-electron chi connectivity index (χ2n) is 4.04. The Morgan fingerprint density at radius 2 is 2.00 bits per heavy atom. The Kier molecular flexibility index (Phi) is 2.86. The van der Waals surface area contributed by atoms with Crippen LogP contribution in [0.3, 0.4) is 0 Å². The molecule has 0 bridgehead atoms. The highest BCUT2D eigenvalue weighted by molar-refractivity contribution is 5.44. The first-order valence-corrected chi connectivity index (χ1v) is 5.12. The van der Waals surface area contributed by atoms with Crippen molar-refractivity contribution in [3.05, 3.63) is 29.8 Å². The third-order valence-electron chi connectivity index (χ3n) is 2.76. The highest BCUT2D eigenvalue weighted by atomic mass is 19.2. The summed E-state index contributed by atoms with van der Waals surface area (Å²) in [7, 11) is 0. The molecular formula is C11H14F2N2. The smallest absolute Gasteiger partial charge is 0.160 e. The molecular weight excluding hydrogens is 198 g/mol. The first-order chi connectivity index (χ1) is 7.15. The molecule has 1 aliphatic carbocycles. The minimum atomic E-state index is -0.817. The van der Waals surface area contributed by atoms with Gasteiger partial charge in [0.2, 0.25) is 0 Å². The summed E-state index contributed by atoms with van der Waals surface area (Å²) in [5, 5.41) is 3.15. The first kappa shape index (κ1) is 10.4. The van der Waals surface area contributed by atoms with Gasteiger partial charge in [-0.1, -0.05) is 0 Å². The lowest BCUT2D eigenvalue weighted by Crippen LogP contribution is -2.20. The molecule has 2 atom stereocenters. The lowest BCUT2D eigenvalue weighted by Gasteiger charge is -2.13. The zero-order valence-corrected chi connectivity index (χ0v) is 8.34. The summed E-state index contributed by atoms with van der Waals surface area (Å²) >= 11 is 0. The van der Waals surface area contributed by atoms with Crippen LogP contribution in [0, 0.1) is 11.6 Å². The van der Waals surface area contributed by atoms with Gasteiger partial charge < -0.3 is 11.1 Å². The Labute approximate surface area is 87.5 Å². The van der Waals surface area contributed by atoms with Gasteiger partial charge in [-0.2, -0.15) is 0 Å². The molecule has 2 nitrogen and oxygen atoms in total.